The minimum absolute atomic E-state index is 0.449. The molecule has 0 amide bonds. The Labute approximate surface area is 92.4 Å². The van der Waals surface area contributed by atoms with Crippen LogP contribution in [0.2, 0.25) is 5.15 Å². The number of nitrogens with one attached hydrogen (secondary N) is 1. The number of rotatable bonds is 3. The zero-order chi connectivity index (χ0) is 10.7. The van der Waals surface area contributed by atoms with Crippen LogP contribution in [0.5, 0.6) is 5.75 Å². The lowest BCUT2D eigenvalue weighted by molar-refractivity contribution is 0.415. The van der Waals surface area contributed by atoms with E-state index in [0.29, 0.717) is 5.15 Å². The van der Waals surface area contributed by atoms with Gasteiger partial charge in [0.15, 0.2) is 0 Å². The molecule has 0 saturated heterocycles. The molecule has 0 saturated carbocycles. The third-order valence-electron chi connectivity index (χ3n) is 1.88. The van der Waals surface area contributed by atoms with Gasteiger partial charge in [0, 0.05) is 6.07 Å². The molecule has 0 radical (unpaired) electrons. The highest BCUT2D eigenvalue weighted by Gasteiger charge is 1.97. The van der Waals surface area contributed by atoms with Crippen molar-refractivity contribution in [3.63, 3.8) is 0 Å². The first-order valence-corrected chi connectivity index (χ1v) is 4.76. The number of aromatic nitrogens is 2. The largest absolute Gasteiger partial charge is 0.497 e. The first-order valence-electron chi connectivity index (χ1n) is 4.38. The van der Waals surface area contributed by atoms with Crippen LogP contribution in [0.15, 0.2) is 36.8 Å². The van der Waals surface area contributed by atoms with E-state index in [-0.39, 0.29) is 0 Å². The zero-order valence-corrected chi connectivity index (χ0v) is 8.90. The van der Waals surface area contributed by atoms with E-state index in [1.165, 1.54) is 0 Å². The van der Waals surface area contributed by atoms with Crippen LogP contribution in [-0.4, -0.2) is 16.8 Å². The monoisotopic (exact) mass is 223 g/mol. The highest BCUT2D eigenvalue weighted by molar-refractivity contribution is 6.29. The summed E-state index contributed by atoms with van der Waals surface area (Å²) in [6.45, 7) is 0. The van der Waals surface area contributed by atoms with E-state index in [9.17, 15) is 0 Å². The SMILES string of the molecule is COc1cccc(Nn2cnc(Cl)c2)c1. The topological polar surface area (TPSA) is 39.1 Å². The fraction of sp³-hybridized carbons (Fsp3) is 0.100. The number of benzene rings is 1. The Hall–Kier alpha value is -1.68. The number of halogens is 1. The fourth-order valence-corrected chi connectivity index (χ4v) is 1.35. The molecule has 2 rings (SSSR count). The summed E-state index contributed by atoms with van der Waals surface area (Å²) in [5.74, 6) is 0.797. The van der Waals surface area contributed by atoms with Gasteiger partial charge in [-0.25, -0.2) is 9.66 Å². The van der Waals surface area contributed by atoms with Gasteiger partial charge in [0.2, 0.25) is 0 Å². The Balaban J connectivity index is 2.16. The summed E-state index contributed by atoms with van der Waals surface area (Å²) in [6, 6.07) is 7.59. The number of methoxy groups -OCH3 is 1. The molecule has 1 aromatic carbocycles. The Kier molecular flexibility index (Phi) is 2.78. The minimum atomic E-state index is 0.449. The second-order valence-electron chi connectivity index (χ2n) is 2.95. The van der Waals surface area contributed by atoms with E-state index in [1.807, 2.05) is 24.3 Å². The minimum Gasteiger partial charge on any atom is -0.497 e. The zero-order valence-electron chi connectivity index (χ0n) is 8.14. The maximum Gasteiger partial charge on any atom is 0.149 e. The van der Waals surface area contributed by atoms with Gasteiger partial charge in [-0.1, -0.05) is 17.7 Å². The molecular weight excluding hydrogens is 214 g/mol. The third-order valence-corrected chi connectivity index (χ3v) is 2.07. The van der Waals surface area contributed by atoms with Gasteiger partial charge in [-0.15, -0.1) is 0 Å². The molecule has 5 heteroatoms. The van der Waals surface area contributed by atoms with Crippen molar-refractivity contribution < 1.29 is 4.74 Å². The standard InChI is InChI=1S/C10H10ClN3O/c1-15-9-4-2-3-8(5-9)13-14-6-10(11)12-7-14/h2-7,13H,1H3. The van der Waals surface area contributed by atoms with E-state index in [0.717, 1.165) is 11.4 Å². The van der Waals surface area contributed by atoms with Crippen molar-refractivity contribution in [1.29, 1.82) is 0 Å². The van der Waals surface area contributed by atoms with Crippen LogP contribution >= 0.6 is 11.6 Å². The van der Waals surface area contributed by atoms with E-state index in [1.54, 1.807) is 24.3 Å². The van der Waals surface area contributed by atoms with E-state index >= 15 is 0 Å². The number of nitrogens with zero attached hydrogens (tertiary/aromatic N) is 2. The number of hydrogen-bond donors (Lipinski definition) is 1. The number of hydrogen-bond acceptors (Lipinski definition) is 3. The van der Waals surface area contributed by atoms with Gasteiger partial charge in [-0.05, 0) is 12.1 Å². The Morgan fingerprint density at radius 2 is 2.33 bits per heavy atom. The number of imidazole rings is 1. The molecule has 0 aliphatic carbocycles. The molecule has 1 heterocycles. The summed E-state index contributed by atoms with van der Waals surface area (Å²) in [4.78, 5) is 3.89. The molecule has 0 aliphatic rings. The molecular formula is C10H10ClN3O. The smallest absolute Gasteiger partial charge is 0.149 e. The molecule has 0 fully saturated rings. The maximum absolute atomic E-state index is 5.69. The molecule has 0 unspecified atom stereocenters. The molecule has 1 N–H and O–H groups in total. The molecule has 0 atom stereocenters. The lowest BCUT2D eigenvalue weighted by Gasteiger charge is -2.07. The van der Waals surface area contributed by atoms with Crippen molar-refractivity contribution in [2.75, 3.05) is 12.5 Å². The number of ether oxygens (including phenoxy) is 1. The second kappa shape index (κ2) is 4.23. The summed E-state index contributed by atoms with van der Waals surface area (Å²) in [6.07, 6.45) is 3.28. The molecule has 0 spiro atoms. The summed E-state index contributed by atoms with van der Waals surface area (Å²) in [5, 5.41) is 0.449. The third kappa shape index (κ3) is 2.41. The van der Waals surface area contributed by atoms with Crippen molar-refractivity contribution in [1.82, 2.24) is 9.66 Å². The number of anilines is 1. The van der Waals surface area contributed by atoms with Gasteiger partial charge in [0.05, 0.1) is 19.0 Å². The molecule has 0 bridgehead atoms. The van der Waals surface area contributed by atoms with Gasteiger partial charge in [-0.3, -0.25) is 5.43 Å². The summed E-state index contributed by atoms with van der Waals surface area (Å²) in [7, 11) is 1.63. The van der Waals surface area contributed by atoms with Crippen LogP contribution in [-0.2, 0) is 0 Å². The first kappa shape index (κ1) is 9.86. The molecule has 15 heavy (non-hydrogen) atoms. The van der Waals surface area contributed by atoms with Crippen LogP contribution in [0.25, 0.3) is 0 Å². The molecule has 4 nitrogen and oxygen atoms in total. The maximum atomic E-state index is 5.69. The Bertz CT molecular complexity index is 455. The highest BCUT2D eigenvalue weighted by Crippen LogP contribution is 2.17. The van der Waals surface area contributed by atoms with Gasteiger partial charge in [0.25, 0.3) is 0 Å². The molecule has 0 aliphatic heterocycles. The Morgan fingerprint density at radius 1 is 1.47 bits per heavy atom. The van der Waals surface area contributed by atoms with Crippen molar-refractivity contribution in [2.45, 2.75) is 0 Å². The van der Waals surface area contributed by atoms with Crippen LogP contribution in [0.3, 0.4) is 0 Å². The van der Waals surface area contributed by atoms with Crippen molar-refractivity contribution in [2.24, 2.45) is 0 Å². The van der Waals surface area contributed by atoms with E-state index in [2.05, 4.69) is 10.4 Å². The fourth-order valence-electron chi connectivity index (χ4n) is 1.20. The average Bonchev–Trinajstić information content (AvgIpc) is 2.64. The predicted octanol–water partition coefficient (Wildman–Crippen LogP) is 2.42. The quantitative estimate of drug-likeness (QED) is 0.869. The molecule has 1 aromatic heterocycles. The summed E-state index contributed by atoms with van der Waals surface area (Å²) in [5.41, 5.74) is 4.00. The molecule has 2 aromatic rings. The lowest BCUT2D eigenvalue weighted by atomic mass is 10.3. The van der Waals surface area contributed by atoms with E-state index < -0.39 is 0 Å². The van der Waals surface area contributed by atoms with Gasteiger partial charge < -0.3 is 4.74 Å². The highest BCUT2D eigenvalue weighted by atomic mass is 35.5. The summed E-state index contributed by atoms with van der Waals surface area (Å²) >= 11 is 5.69. The van der Waals surface area contributed by atoms with Crippen LogP contribution < -0.4 is 10.2 Å². The van der Waals surface area contributed by atoms with Crippen molar-refractivity contribution >= 4 is 17.3 Å². The second-order valence-corrected chi connectivity index (χ2v) is 3.33. The van der Waals surface area contributed by atoms with Crippen molar-refractivity contribution in [3.8, 4) is 5.75 Å². The summed E-state index contributed by atoms with van der Waals surface area (Å²) < 4.78 is 6.78. The van der Waals surface area contributed by atoms with Gasteiger partial charge >= 0.3 is 0 Å². The van der Waals surface area contributed by atoms with E-state index in [4.69, 9.17) is 16.3 Å². The van der Waals surface area contributed by atoms with Crippen LogP contribution in [0.4, 0.5) is 5.69 Å². The Morgan fingerprint density at radius 3 is 3.00 bits per heavy atom. The predicted molar refractivity (Wildman–Crippen MR) is 59.3 cm³/mol. The van der Waals surface area contributed by atoms with Crippen molar-refractivity contribution in [3.05, 3.63) is 41.9 Å². The average molecular weight is 224 g/mol. The first-order chi connectivity index (χ1) is 7.28. The lowest BCUT2D eigenvalue weighted by Crippen LogP contribution is -2.05. The van der Waals surface area contributed by atoms with Crippen LogP contribution in [0.1, 0.15) is 0 Å². The van der Waals surface area contributed by atoms with Gasteiger partial charge in [-0.2, -0.15) is 0 Å². The van der Waals surface area contributed by atoms with Crippen LogP contribution in [0, 0.1) is 0 Å². The van der Waals surface area contributed by atoms with Gasteiger partial charge in [0.1, 0.15) is 17.2 Å². The normalized spacial score (nSPS) is 10.0. The molecule has 78 valence electrons.